The van der Waals surface area contributed by atoms with Crippen molar-refractivity contribution in [3.05, 3.63) is 17.8 Å². The van der Waals surface area contributed by atoms with E-state index in [2.05, 4.69) is 11.9 Å². The van der Waals surface area contributed by atoms with Crippen molar-refractivity contribution in [2.75, 3.05) is 12.3 Å². The maximum absolute atomic E-state index is 5.79. The van der Waals surface area contributed by atoms with Crippen molar-refractivity contribution in [2.45, 2.75) is 65.2 Å². The van der Waals surface area contributed by atoms with E-state index in [9.17, 15) is 0 Å². The second-order valence-electron chi connectivity index (χ2n) is 5.16. The highest BCUT2D eigenvalue weighted by molar-refractivity contribution is 5.46. The molecule has 0 aliphatic heterocycles. The Hall–Kier alpha value is -1.25. The van der Waals surface area contributed by atoms with Crippen LogP contribution in [-0.2, 0) is 0 Å². The van der Waals surface area contributed by atoms with Crippen LogP contribution in [0.4, 0.5) is 5.82 Å². The molecular formula is C16H28N2O. The predicted molar refractivity (Wildman–Crippen MR) is 81.5 cm³/mol. The van der Waals surface area contributed by atoms with Crippen molar-refractivity contribution >= 4 is 5.82 Å². The molecule has 0 aliphatic rings. The standard InChI is InChI=1S/C16H28N2O/c1-3-4-5-6-7-8-9-10-13-19-15-12-11-14(2)18-16(15)17/h11-12H,3-10,13H2,1-2H3,(H2,17,18). The molecule has 19 heavy (non-hydrogen) atoms. The molecule has 1 aromatic rings. The molecule has 0 aliphatic carbocycles. The van der Waals surface area contributed by atoms with Crippen LogP contribution in [0.3, 0.4) is 0 Å². The topological polar surface area (TPSA) is 48.1 Å². The molecule has 0 bridgehead atoms. The van der Waals surface area contributed by atoms with Crippen LogP contribution in [0.1, 0.15) is 64.0 Å². The minimum Gasteiger partial charge on any atom is -0.490 e. The zero-order valence-corrected chi connectivity index (χ0v) is 12.5. The van der Waals surface area contributed by atoms with Crippen LogP contribution in [0.25, 0.3) is 0 Å². The lowest BCUT2D eigenvalue weighted by molar-refractivity contribution is 0.305. The van der Waals surface area contributed by atoms with Gasteiger partial charge in [-0.3, -0.25) is 0 Å². The summed E-state index contributed by atoms with van der Waals surface area (Å²) in [5.74, 6) is 1.22. The number of hydrogen-bond donors (Lipinski definition) is 1. The minimum absolute atomic E-state index is 0.500. The van der Waals surface area contributed by atoms with Crippen LogP contribution in [0.15, 0.2) is 12.1 Å². The van der Waals surface area contributed by atoms with E-state index in [4.69, 9.17) is 10.5 Å². The number of unbranched alkanes of at least 4 members (excludes halogenated alkanes) is 7. The number of nitrogen functional groups attached to an aromatic ring is 1. The average Bonchev–Trinajstić information content (AvgIpc) is 2.39. The Kier molecular flexibility index (Phi) is 8.03. The van der Waals surface area contributed by atoms with E-state index in [1.165, 1.54) is 44.9 Å². The van der Waals surface area contributed by atoms with E-state index < -0.39 is 0 Å². The maximum Gasteiger partial charge on any atom is 0.166 e. The van der Waals surface area contributed by atoms with Crippen LogP contribution in [0.2, 0.25) is 0 Å². The fourth-order valence-corrected chi connectivity index (χ4v) is 2.10. The maximum atomic E-state index is 5.79. The number of ether oxygens (including phenoxy) is 1. The molecule has 3 heteroatoms. The lowest BCUT2D eigenvalue weighted by atomic mass is 10.1. The molecule has 108 valence electrons. The molecule has 1 rings (SSSR count). The summed E-state index contributed by atoms with van der Waals surface area (Å²) in [5, 5.41) is 0. The lowest BCUT2D eigenvalue weighted by Gasteiger charge is -2.08. The number of rotatable bonds is 10. The number of aromatic nitrogens is 1. The fraction of sp³-hybridized carbons (Fsp3) is 0.688. The Balaban J connectivity index is 2.01. The van der Waals surface area contributed by atoms with Crippen LogP contribution < -0.4 is 10.5 Å². The van der Waals surface area contributed by atoms with Gasteiger partial charge < -0.3 is 10.5 Å². The summed E-state index contributed by atoms with van der Waals surface area (Å²) in [6.45, 7) is 4.92. The van der Waals surface area contributed by atoms with Gasteiger partial charge >= 0.3 is 0 Å². The van der Waals surface area contributed by atoms with Gasteiger partial charge in [0.1, 0.15) is 0 Å². The van der Waals surface area contributed by atoms with Crippen molar-refractivity contribution in [3.8, 4) is 5.75 Å². The normalized spacial score (nSPS) is 10.6. The highest BCUT2D eigenvalue weighted by Crippen LogP contribution is 2.19. The van der Waals surface area contributed by atoms with Gasteiger partial charge in [-0.25, -0.2) is 4.98 Å². The van der Waals surface area contributed by atoms with Crippen LogP contribution in [0, 0.1) is 6.92 Å². The Morgan fingerprint density at radius 2 is 1.63 bits per heavy atom. The molecule has 0 saturated heterocycles. The highest BCUT2D eigenvalue weighted by atomic mass is 16.5. The molecule has 0 spiro atoms. The average molecular weight is 264 g/mol. The molecule has 0 radical (unpaired) electrons. The van der Waals surface area contributed by atoms with E-state index in [1.807, 2.05) is 19.1 Å². The van der Waals surface area contributed by atoms with Crippen LogP contribution in [0.5, 0.6) is 5.75 Å². The Morgan fingerprint density at radius 3 is 2.26 bits per heavy atom. The third-order valence-electron chi connectivity index (χ3n) is 3.28. The van der Waals surface area contributed by atoms with Crippen molar-refractivity contribution in [1.82, 2.24) is 4.98 Å². The zero-order chi connectivity index (χ0) is 13.9. The van der Waals surface area contributed by atoms with Gasteiger partial charge in [0.25, 0.3) is 0 Å². The first-order valence-corrected chi connectivity index (χ1v) is 7.60. The number of anilines is 1. The fourth-order valence-electron chi connectivity index (χ4n) is 2.10. The second kappa shape index (κ2) is 9.65. The molecule has 0 atom stereocenters. The molecular weight excluding hydrogens is 236 g/mol. The summed E-state index contributed by atoms with van der Waals surface area (Å²) < 4.78 is 5.65. The summed E-state index contributed by atoms with van der Waals surface area (Å²) in [6, 6.07) is 3.84. The molecule has 3 nitrogen and oxygen atoms in total. The molecule has 2 N–H and O–H groups in total. The third-order valence-corrected chi connectivity index (χ3v) is 3.28. The van der Waals surface area contributed by atoms with Gasteiger partial charge in [0.15, 0.2) is 11.6 Å². The molecule has 0 unspecified atom stereocenters. The zero-order valence-electron chi connectivity index (χ0n) is 12.5. The van der Waals surface area contributed by atoms with Crippen molar-refractivity contribution < 1.29 is 4.74 Å². The lowest BCUT2D eigenvalue weighted by Crippen LogP contribution is -2.02. The number of aryl methyl sites for hydroxylation is 1. The predicted octanol–water partition coefficient (Wildman–Crippen LogP) is 4.49. The van der Waals surface area contributed by atoms with E-state index in [-0.39, 0.29) is 0 Å². The number of pyridine rings is 1. The first-order chi connectivity index (χ1) is 9.24. The van der Waals surface area contributed by atoms with Gasteiger partial charge in [-0.05, 0) is 25.5 Å². The second-order valence-corrected chi connectivity index (χ2v) is 5.16. The number of hydrogen-bond acceptors (Lipinski definition) is 3. The van der Waals surface area contributed by atoms with Gasteiger partial charge in [0, 0.05) is 5.69 Å². The molecule has 1 aromatic heterocycles. The van der Waals surface area contributed by atoms with Crippen molar-refractivity contribution in [2.24, 2.45) is 0 Å². The van der Waals surface area contributed by atoms with E-state index in [0.717, 1.165) is 18.7 Å². The van der Waals surface area contributed by atoms with Crippen molar-refractivity contribution in [1.29, 1.82) is 0 Å². The molecule has 1 heterocycles. The summed E-state index contributed by atoms with van der Waals surface area (Å²) >= 11 is 0. The summed E-state index contributed by atoms with van der Waals surface area (Å²) in [6.07, 6.45) is 10.5. The SMILES string of the molecule is CCCCCCCCCCOc1ccc(C)nc1N. The number of nitrogens with two attached hydrogens (primary N) is 1. The van der Waals surface area contributed by atoms with Crippen LogP contribution in [-0.4, -0.2) is 11.6 Å². The number of nitrogens with zero attached hydrogens (tertiary/aromatic N) is 1. The van der Waals surface area contributed by atoms with Gasteiger partial charge in [-0.15, -0.1) is 0 Å². The largest absolute Gasteiger partial charge is 0.490 e. The minimum atomic E-state index is 0.500. The third kappa shape index (κ3) is 7.04. The first-order valence-electron chi connectivity index (χ1n) is 7.60. The van der Waals surface area contributed by atoms with Crippen LogP contribution >= 0.6 is 0 Å². The van der Waals surface area contributed by atoms with E-state index in [1.54, 1.807) is 0 Å². The van der Waals surface area contributed by atoms with Gasteiger partial charge in [0.05, 0.1) is 6.61 Å². The summed E-state index contributed by atoms with van der Waals surface area (Å²) in [4.78, 5) is 4.18. The van der Waals surface area contributed by atoms with Gasteiger partial charge in [0.2, 0.25) is 0 Å². The van der Waals surface area contributed by atoms with E-state index in [0.29, 0.717) is 11.6 Å². The summed E-state index contributed by atoms with van der Waals surface area (Å²) in [7, 11) is 0. The Labute approximate surface area is 117 Å². The molecule has 0 saturated carbocycles. The molecule has 0 aromatic carbocycles. The van der Waals surface area contributed by atoms with E-state index >= 15 is 0 Å². The smallest absolute Gasteiger partial charge is 0.166 e. The Bertz CT molecular complexity index is 353. The van der Waals surface area contributed by atoms with Gasteiger partial charge in [-0.2, -0.15) is 0 Å². The van der Waals surface area contributed by atoms with Gasteiger partial charge in [-0.1, -0.05) is 51.9 Å². The summed E-state index contributed by atoms with van der Waals surface area (Å²) in [5.41, 5.74) is 6.72. The quantitative estimate of drug-likeness (QED) is 0.633. The highest BCUT2D eigenvalue weighted by Gasteiger charge is 2.01. The van der Waals surface area contributed by atoms with Crippen molar-refractivity contribution in [3.63, 3.8) is 0 Å². The molecule has 0 fully saturated rings. The monoisotopic (exact) mass is 264 g/mol. The Morgan fingerprint density at radius 1 is 1.00 bits per heavy atom. The first kappa shape index (κ1) is 15.8. The molecule has 0 amide bonds.